The first-order chi connectivity index (χ1) is 6.49. The maximum atomic E-state index is 5.58. The zero-order chi connectivity index (χ0) is 10.7. The van der Waals surface area contributed by atoms with E-state index in [1.165, 1.54) is 0 Å². The maximum Gasteiger partial charge on any atom is 0.640 e. The minimum absolute atomic E-state index is 0.117. The highest BCUT2D eigenvalue weighted by Gasteiger charge is 2.38. The van der Waals surface area contributed by atoms with Crippen molar-refractivity contribution in [3.05, 3.63) is 0 Å². The van der Waals surface area contributed by atoms with Crippen LogP contribution in [0.4, 0.5) is 0 Å². The van der Waals surface area contributed by atoms with Crippen LogP contribution in [0.1, 0.15) is 20.8 Å². The third kappa shape index (κ3) is 3.57. The standard InChI is InChI=1S/C9H20BNO3/c1-7(6-11(4)5)12-10-13-8(2)9(3)14-10/h7-9H,6H2,1-5H3. The van der Waals surface area contributed by atoms with Gasteiger partial charge in [-0.05, 0) is 34.9 Å². The number of nitrogens with zero attached hydrogens (tertiary/aromatic N) is 1. The SMILES string of the molecule is CC(CN(C)C)OB1OC(C)C(C)O1. The molecule has 82 valence electrons. The van der Waals surface area contributed by atoms with Crippen LogP contribution in [0.3, 0.4) is 0 Å². The largest absolute Gasteiger partial charge is 0.640 e. The summed E-state index contributed by atoms with van der Waals surface area (Å²) in [6.45, 7) is 6.86. The quantitative estimate of drug-likeness (QED) is 0.628. The number of likely N-dealkylation sites (N-methyl/N-ethyl adjacent to an activating group) is 1. The molecule has 1 fully saturated rings. The highest BCUT2D eigenvalue weighted by Crippen LogP contribution is 2.17. The van der Waals surface area contributed by atoms with Gasteiger partial charge in [-0.3, -0.25) is 0 Å². The molecule has 3 unspecified atom stereocenters. The average Bonchev–Trinajstić information content (AvgIpc) is 2.28. The van der Waals surface area contributed by atoms with E-state index in [0.717, 1.165) is 6.54 Å². The van der Waals surface area contributed by atoms with Crippen molar-refractivity contribution in [3.63, 3.8) is 0 Å². The Morgan fingerprint density at radius 3 is 2.21 bits per heavy atom. The van der Waals surface area contributed by atoms with E-state index in [2.05, 4.69) is 4.90 Å². The first-order valence-corrected chi connectivity index (χ1v) is 5.10. The molecule has 3 atom stereocenters. The predicted molar refractivity (Wildman–Crippen MR) is 55.9 cm³/mol. The Hall–Kier alpha value is -0.0951. The molecule has 1 rings (SSSR count). The van der Waals surface area contributed by atoms with Crippen LogP contribution in [0.15, 0.2) is 0 Å². The van der Waals surface area contributed by atoms with Crippen molar-refractivity contribution in [3.8, 4) is 0 Å². The molecule has 1 saturated heterocycles. The van der Waals surface area contributed by atoms with Crippen LogP contribution >= 0.6 is 0 Å². The summed E-state index contributed by atoms with van der Waals surface area (Å²) in [5, 5.41) is 0. The number of hydrogen-bond acceptors (Lipinski definition) is 4. The molecule has 0 aromatic rings. The van der Waals surface area contributed by atoms with Crippen molar-refractivity contribution in [1.82, 2.24) is 4.90 Å². The molecule has 0 aliphatic carbocycles. The van der Waals surface area contributed by atoms with Crippen LogP contribution in [0.25, 0.3) is 0 Å². The van der Waals surface area contributed by atoms with Gasteiger partial charge in [0.25, 0.3) is 0 Å². The third-order valence-corrected chi connectivity index (χ3v) is 2.28. The molecule has 1 aliphatic heterocycles. The van der Waals surface area contributed by atoms with Crippen molar-refractivity contribution >= 4 is 7.32 Å². The minimum atomic E-state index is -0.491. The summed E-state index contributed by atoms with van der Waals surface area (Å²) in [5.74, 6) is 0. The van der Waals surface area contributed by atoms with Gasteiger partial charge in [0.05, 0.1) is 18.3 Å². The Morgan fingerprint density at radius 2 is 1.79 bits per heavy atom. The summed E-state index contributed by atoms with van der Waals surface area (Å²) in [4.78, 5) is 2.08. The molecule has 4 nitrogen and oxygen atoms in total. The molecule has 0 aromatic carbocycles. The van der Waals surface area contributed by atoms with E-state index < -0.39 is 7.32 Å². The fraction of sp³-hybridized carbons (Fsp3) is 1.00. The van der Waals surface area contributed by atoms with Gasteiger partial charge in [-0.15, -0.1) is 0 Å². The van der Waals surface area contributed by atoms with E-state index in [1.807, 2.05) is 34.9 Å². The Bertz CT molecular complexity index is 169. The lowest BCUT2D eigenvalue weighted by Crippen LogP contribution is -2.33. The van der Waals surface area contributed by atoms with Gasteiger partial charge in [-0.1, -0.05) is 0 Å². The molecule has 0 aromatic heterocycles. The van der Waals surface area contributed by atoms with Crippen LogP contribution in [0, 0.1) is 0 Å². The van der Waals surface area contributed by atoms with Crippen molar-refractivity contribution in [2.75, 3.05) is 20.6 Å². The highest BCUT2D eigenvalue weighted by atomic mass is 16.8. The fourth-order valence-corrected chi connectivity index (χ4v) is 1.41. The Morgan fingerprint density at radius 1 is 1.29 bits per heavy atom. The smallest absolute Gasteiger partial charge is 0.382 e. The predicted octanol–water partition coefficient (Wildman–Crippen LogP) is 0.762. The molecule has 1 aliphatic rings. The van der Waals surface area contributed by atoms with E-state index in [4.69, 9.17) is 14.0 Å². The molecular formula is C9H20BNO3. The zero-order valence-electron chi connectivity index (χ0n) is 9.69. The van der Waals surface area contributed by atoms with E-state index in [9.17, 15) is 0 Å². The van der Waals surface area contributed by atoms with Gasteiger partial charge in [-0.25, -0.2) is 0 Å². The van der Waals surface area contributed by atoms with Crippen molar-refractivity contribution in [2.24, 2.45) is 0 Å². The second-order valence-corrected chi connectivity index (χ2v) is 4.18. The summed E-state index contributed by atoms with van der Waals surface area (Å²) in [7, 11) is 3.54. The zero-order valence-corrected chi connectivity index (χ0v) is 9.69. The van der Waals surface area contributed by atoms with Gasteiger partial charge in [0.15, 0.2) is 0 Å². The lowest BCUT2D eigenvalue weighted by Gasteiger charge is -2.18. The van der Waals surface area contributed by atoms with Crippen LogP contribution in [-0.4, -0.2) is 51.2 Å². The Balaban J connectivity index is 2.25. The Kier molecular flexibility index (Phi) is 4.38. The van der Waals surface area contributed by atoms with Crippen LogP contribution in [0.2, 0.25) is 0 Å². The van der Waals surface area contributed by atoms with Gasteiger partial charge < -0.3 is 18.9 Å². The lowest BCUT2D eigenvalue weighted by atomic mass is 10.2. The molecule has 1 heterocycles. The molecule has 0 radical (unpaired) electrons. The molecule has 5 heteroatoms. The number of rotatable bonds is 4. The normalized spacial score (nSPS) is 30.0. The van der Waals surface area contributed by atoms with Crippen LogP contribution in [-0.2, 0) is 14.0 Å². The first-order valence-electron chi connectivity index (χ1n) is 5.10. The van der Waals surface area contributed by atoms with Gasteiger partial charge in [0.2, 0.25) is 0 Å². The monoisotopic (exact) mass is 201 g/mol. The van der Waals surface area contributed by atoms with Crippen molar-refractivity contribution in [2.45, 2.75) is 39.1 Å². The molecule has 0 bridgehead atoms. The van der Waals surface area contributed by atoms with Crippen LogP contribution < -0.4 is 0 Å². The molecule has 0 saturated carbocycles. The van der Waals surface area contributed by atoms with Crippen molar-refractivity contribution in [1.29, 1.82) is 0 Å². The average molecular weight is 201 g/mol. The van der Waals surface area contributed by atoms with E-state index in [0.29, 0.717) is 0 Å². The summed E-state index contributed by atoms with van der Waals surface area (Å²) in [6, 6.07) is 0. The highest BCUT2D eigenvalue weighted by molar-refractivity contribution is 6.37. The molecule has 0 amide bonds. The summed E-state index contributed by atoms with van der Waals surface area (Å²) < 4.78 is 16.5. The van der Waals surface area contributed by atoms with Gasteiger partial charge in [0.1, 0.15) is 0 Å². The molecule has 0 spiro atoms. The molecule has 0 N–H and O–H groups in total. The summed E-state index contributed by atoms with van der Waals surface area (Å²) in [6.07, 6.45) is 0.352. The molecular weight excluding hydrogens is 181 g/mol. The summed E-state index contributed by atoms with van der Waals surface area (Å²) >= 11 is 0. The minimum Gasteiger partial charge on any atom is -0.382 e. The van der Waals surface area contributed by atoms with Crippen molar-refractivity contribution < 1.29 is 14.0 Å². The van der Waals surface area contributed by atoms with E-state index >= 15 is 0 Å². The van der Waals surface area contributed by atoms with Gasteiger partial charge in [0, 0.05) is 6.54 Å². The lowest BCUT2D eigenvalue weighted by molar-refractivity contribution is 0.0974. The second-order valence-electron chi connectivity index (χ2n) is 4.18. The van der Waals surface area contributed by atoms with Gasteiger partial charge in [-0.2, -0.15) is 0 Å². The Labute approximate surface area is 86.7 Å². The second kappa shape index (κ2) is 5.12. The van der Waals surface area contributed by atoms with Gasteiger partial charge >= 0.3 is 7.32 Å². The molecule has 14 heavy (non-hydrogen) atoms. The number of hydrogen-bond donors (Lipinski definition) is 0. The van der Waals surface area contributed by atoms with Crippen LogP contribution in [0.5, 0.6) is 0 Å². The first kappa shape index (κ1) is 12.0. The van der Waals surface area contributed by atoms with E-state index in [-0.39, 0.29) is 18.3 Å². The fourth-order valence-electron chi connectivity index (χ4n) is 1.41. The topological polar surface area (TPSA) is 30.9 Å². The maximum absolute atomic E-state index is 5.58. The summed E-state index contributed by atoms with van der Waals surface area (Å²) in [5.41, 5.74) is 0. The van der Waals surface area contributed by atoms with E-state index in [1.54, 1.807) is 0 Å². The third-order valence-electron chi connectivity index (χ3n) is 2.28.